The smallest absolute Gasteiger partial charge is 0.130 e. The zero-order valence-electron chi connectivity index (χ0n) is 12.0. The number of hydrogen-bond acceptors (Lipinski definition) is 2. The van der Waals surface area contributed by atoms with Gasteiger partial charge < -0.3 is 9.84 Å². The Balaban J connectivity index is 2.28. The third-order valence-electron chi connectivity index (χ3n) is 3.05. The molecule has 0 amide bonds. The fourth-order valence-corrected chi connectivity index (χ4v) is 1.93. The van der Waals surface area contributed by atoms with E-state index < -0.39 is 5.82 Å². The highest BCUT2D eigenvalue weighted by Gasteiger charge is 2.14. The molecule has 2 nitrogen and oxygen atoms in total. The van der Waals surface area contributed by atoms with Gasteiger partial charge in [-0.3, -0.25) is 0 Å². The van der Waals surface area contributed by atoms with Crippen LogP contribution >= 0.6 is 0 Å². The summed E-state index contributed by atoms with van der Waals surface area (Å²) in [6, 6.07) is 12.0. The summed E-state index contributed by atoms with van der Waals surface area (Å²) >= 11 is 0. The Morgan fingerprint density at radius 3 is 2.45 bits per heavy atom. The third-order valence-corrected chi connectivity index (χ3v) is 3.05. The Labute approximate surface area is 118 Å². The van der Waals surface area contributed by atoms with Crippen LogP contribution in [0.25, 0.3) is 0 Å². The van der Waals surface area contributed by atoms with E-state index in [1.165, 1.54) is 12.1 Å². The van der Waals surface area contributed by atoms with Crippen LogP contribution in [0, 0.1) is 5.82 Å². The average molecular weight is 274 g/mol. The summed E-state index contributed by atoms with van der Waals surface area (Å²) in [4.78, 5) is 0. The molecule has 0 aliphatic carbocycles. The Bertz CT molecular complexity index is 600. The van der Waals surface area contributed by atoms with E-state index in [2.05, 4.69) is 20.8 Å². The van der Waals surface area contributed by atoms with Crippen LogP contribution in [0.5, 0.6) is 11.5 Å². The van der Waals surface area contributed by atoms with Crippen LogP contribution in [-0.2, 0) is 12.0 Å². The topological polar surface area (TPSA) is 29.5 Å². The van der Waals surface area contributed by atoms with E-state index >= 15 is 0 Å². The second kappa shape index (κ2) is 5.63. The van der Waals surface area contributed by atoms with Gasteiger partial charge in [0, 0.05) is 6.07 Å². The molecule has 106 valence electrons. The van der Waals surface area contributed by atoms with Crippen LogP contribution in [0.4, 0.5) is 4.39 Å². The van der Waals surface area contributed by atoms with Gasteiger partial charge in [0.15, 0.2) is 0 Å². The van der Waals surface area contributed by atoms with Crippen molar-refractivity contribution in [3.63, 3.8) is 0 Å². The summed E-state index contributed by atoms with van der Waals surface area (Å²) < 4.78 is 19.1. The fourth-order valence-electron chi connectivity index (χ4n) is 1.93. The lowest BCUT2D eigenvalue weighted by Crippen LogP contribution is -2.10. The highest BCUT2D eigenvalue weighted by atomic mass is 19.1. The molecule has 2 aromatic rings. The van der Waals surface area contributed by atoms with Crippen molar-refractivity contribution in [3.8, 4) is 11.5 Å². The number of hydrogen-bond donors (Lipinski definition) is 1. The first-order valence-electron chi connectivity index (χ1n) is 6.57. The molecule has 0 aromatic heterocycles. The van der Waals surface area contributed by atoms with E-state index in [1.807, 2.05) is 24.3 Å². The summed E-state index contributed by atoms with van der Waals surface area (Å²) in [5.41, 5.74) is 1.66. The minimum Gasteiger partial charge on any atom is -0.457 e. The molecule has 2 rings (SSSR count). The lowest BCUT2D eigenvalue weighted by atomic mass is 9.87. The average Bonchev–Trinajstić information content (AvgIpc) is 2.37. The van der Waals surface area contributed by atoms with Crippen LogP contribution in [0.1, 0.15) is 31.9 Å². The van der Waals surface area contributed by atoms with Gasteiger partial charge in [-0.05, 0) is 40.8 Å². The summed E-state index contributed by atoms with van der Waals surface area (Å²) in [6.45, 7) is 6.16. The molecule has 3 heteroatoms. The van der Waals surface area contributed by atoms with Crippen molar-refractivity contribution in [1.82, 2.24) is 0 Å². The van der Waals surface area contributed by atoms with E-state index in [4.69, 9.17) is 9.84 Å². The van der Waals surface area contributed by atoms with Crippen LogP contribution in [0.2, 0.25) is 0 Å². The maximum absolute atomic E-state index is 13.4. The van der Waals surface area contributed by atoms with Crippen molar-refractivity contribution < 1.29 is 14.2 Å². The van der Waals surface area contributed by atoms with Gasteiger partial charge in [-0.2, -0.15) is 0 Å². The van der Waals surface area contributed by atoms with Crippen LogP contribution in [0.3, 0.4) is 0 Å². The number of benzene rings is 2. The zero-order valence-corrected chi connectivity index (χ0v) is 12.0. The number of halogens is 1. The molecule has 0 aliphatic heterocycles. The fraction of sp³-hybridized carbons (Fsp3) is 0.294. The molecule has 0 bridgehead atoms. The number of aliphatic hydroxyl groups excluding tert-OH is 1. The number of rotatable bonds is 3. The van der Waals surface area contributed by atoms with Crippen molar-refractivity contribution in [2.75, 3.05) is 0 Å². The Hall–Kier alpha value is -1.87. The first-order chi connectivity index (χ1) is 9.38. The number of ether oxygens (including phenoxy) is 1. The highest BCUT2D eigenvalue weighted by Crippen LogP contribution is 2.29. The van der Waals surface area contributed by atoms with Gasteiger partial charge in [0.1, 0.15) is 17.3 Å². The van der Waals surface area contributed by atoms with E-state index in [1.54, 1.807) is 6.07 Å². The Kier molecular flexibility index (Phi) is 4.09. The summed E-state index contributed by atoms with van der Waals surface area (Å²) in [6.07, 6.45) is 0. The maximum atomic E-state index is 13.4. The zero-order chi connectivity index (χ0) is 14.8. The van der Waals surface area contributed by atoms with Crippen molar-refractivity contribution in [1.29, 1.82) is 0 Å². The number of aliphatic hydroxyl groups is 1. The minimum atomic E-state index is -0.418. The molecule has 0 aliphatic rings. The van der Waals surface area contributed by atoms with Crippen molar-refractivity contribution in [2.24, 2.45) is 0 Å². The largest absolute Gasteiger partial charge is 0.457 e. The van der Waals surface area contributed by atoms with Crippen LogP contribution < -0.4 is 4.74 Å². The predicted molar refractivity (Wildman–Crippen MR) is 77.5 cm³/mol. The Morgan fingerprint density at radius 2 is 1.80 bits per heavy atom. The molecule has 0 spiro atoms. The molecule has 0 radical (unpaired) electrons. The molecular formula is C17H19FO2. The van der Waals surface area contributed by atoms with Gasteiger partial charge in [-0.15, -0.1) is 0 Å². The quantitative estimate of drug-likeness (QED) is 0.898. The van der Waals surface area contributed by atoms with Gasteiger partial charge in [0.25, 0.3) is 0 Å². The second-order valence-corrected chi connectivity index (χ2v) is 5.83. The molecule has 0 heterocycles. The monoisotopic (exact) mass is 274 g/mol. The lowest BCUT2D eigenvalue weighted by Gasteiger charge is -2.19. The van der Waals surface area contributed by atoms with Gasteiger partial charge in [0.2, 0.25) is 0 Å². The Morgan fingerprint density at radius 1 is 1.05 bits per heavy atom. The third kappa shape index (κ3) is 3.58. The molecule has 1 N–H and O–H groups in total. The predicted octanol–water partition coefficient (Wildman–Crippen LogP) is 4.41. The van der Waals surface area contributed by atoms with Crippen molar-refractivity contribution in [2.45, 2.75) is 32.8 Å². The molecule has 20 heavy (non-hydrogen) atoms. The van der Waals surface area contributed by atoms with Gasteiger partial charge in [-0.25, -0.2) is 4.39 Å². The van der Waals surface area contributed by atoms with Gasteiger partial charge >= 0.3 is 0 Å². The molecule has 0 unspecified atom stereocenters. The second-order valence-electron chi connectivity index (χ2n) is 5.83. The first kappa shape index (κ1) is 14.5. The standard InChI is InChI=1S/C17H19FO2/c1-17(2,3)13-5-4-6-15(9-13)20-16-8-12(11-19)7-14(18)10-16/h4-10,19H,11H2,1-3H3. The summed E-state index contributed by atoms with van der Waals surface area (Å²) in [5.74, 6) is 0.630. The van der Waals surface area contributed by atoms with Crippen molar-refractivity contribution in [3.05, 3.63) is 59.4 Å². The van der Waals surface area contributed by atoms with E-state index in [0.717, 1.165) is 5.56 Å². The summed E-state index contributed by atoms with van der Waals surface area (Å²) in [5, 5.41) is 9.08. The molecule has 2 aromatic carbocycles. The lowest BCUT2D eigenvalue weighted by molar-refractivity contribution is 0.280. The molecule has 0 fully saturated rings. The van der Waals surface area contributed by atoms with E-state index in [9.17, 15) is 4.39 Å². The molecule has 0 atom stereocenters. The SMILES string of the molecule is CC(C)(C)c1cccc(Oc2cc(F)cc(CO)c2)c1. The van der Waals surface area contributed by atoms with Gasteiger partial charge in [-0.1, -0.05) is 32.9 Å². The molecule has 0 saturated heterocycles. The normalized spacial score (nSPS) is 11.4. The van der Waals surface area contributed by atoms with Crippen LogP contribution in [-0.4, -0.2) is 5.11 Å². The maximum Gasteiger partial charge on any atom is 0.130 e. The van der Waals surface area contributed by atoms with E-state index in [-0.39, 0.29) is 12.0 Å². The van der Waals surface area contributed by atoms with Crippen molar-refractivity contribution >= 4 is 0 Å². The molecule has 0 saturated carbocycles. The van der Waals surface area contributed by atoms with Crippen LogP contribution in [0.15, 0.2) is 42.5 Å². The minimum absolute atomic E-state index is 0.0254. The first-order valence-corrected chi connectivity index (χ1v) is 6.57. The van der Waals surface area contributed by atoms with Gasteiger partial charge in [0.05, 0.1) is 6.61 Å². The summed E-state index contributed by atoms with van der Waals surface area (Å²) in [7, 11) is 0. The molecular weight excluding hydrogens is 255 g/mol. The highest BCUT2D eigenvalue weighted by molar-refractivity contribution is 5.37. The van der Waals surface area contributed by atoms with E-state index in [0.29, 0.717) is 17.1 Å².